The predicted molar refractivity (Wildman–Crippen MR) is 179 cm³/mol. The Hall–Kier alpha value is -4.92. The second-order valence-electron chi connectivity index (χ2n) is 10.7. The van der Waals surface area contributed by atoms with E-state index in [2.05, 4.69) is 16.0 Å². The Labute approximate surface area is 283 Å². The Morgan fingerprint density at radius 2 is 1.65 bits per heavy atom. The molecule has 48 heavy (non-hydrogen) atoms. The number of nitrogens with one attached hydrogen (secondary N) is 3. The molecule has 0 bridgehead atoms. The van der Waals surface area contributed by atoms with Crippen molar-refractivity contribution in [3.05, 3.63) is 59.2 Å². The van der Waals surface area contributed by atoms with Crippen molar-refractivity contribution in [2.24, 2.45) is 0 Å². The molecule has 0 aliphatic rings. The van der Waals surface area contributed by atoms with Crippen LogP contribution in [0.5, 0.6) is 0 Å². The van der Waals surface area contributed by atoms with Gasteiger partial charge in [-0.2, -0.15) is 11.8 Å². The number of nitrogens with zero attached hydrogens (tertiary/aromatic N) is 1. The van der Waals surface area contributed by atoms with E-state index in [0.717, 1.165) is 4.90 Å². The number of carboxylic acid groups (broad SMARTS) is 2. The average molecular weight is 687 g/mol. The number of rotatable bonds is 18. The van der Waals surface area contributed by atoms with Gasteiger partial charge in [0.15, 0.2) is 0 Å². The molecule has 0 radical (unpaired) electrons. The lowest BCUT2D eigenvalue weighted by atomic mass is 9.99. The minimum atomic E-state index is -1.78. The zero-order valence-electron chi connectivity index (χ0n) is 27.4. The Bertz CT molecular complexity index is 1500. The third-order valence-electron chi connectivity index (χ3n) is 7.22. The first-order valence-corrected chi connectivity index (χ1v) is 16.7. The van der Waals surface area contributed by atoms with E-state index < -0.39 is 47.7 Å². The molecule has 4 amide bonds. The zero-order chi connectivity index (χ0) is 35.8. The third kappa shape index (κ3) is 11.7. The molecular weight excluding hydrogens is 644 g/mol. The number of thioether (sulfide) groups is 1. The summed E-state index contributed by atoms with van der Waals surface area (Å²) in [5.74, 6) is -5.51. The maximum absolute atomic E-state index is 13.1. The lowest BCUT2D eigenvalue weighted by molar-refractivity contribution is -0.148. The van der Waals surface area contributed by atoms with E-state index in [9.17, 15) is 43.8 Å². The van der Waals surface area contributed by atoms with Gasteiger partial charge in [0.05, 0.1) is 24.0 Å². The molecule has 0 aromatic heterocycles. The van der Waals surface area contributed by atoms with Crippen molar-refractivity contribution < 1.29 is 48.5 Å². The third-order valence-corrected chi connectivity index (χ3v) is 7.87. The summed E-state index contributed by atoms with van der Waals surface area (Å²) in [6.45, 7) is 3.27. The molecule has 0 saturated heterocycles. The number of anilines is 2. The number of carbonyl (C=O) groups excluding carboxylic acids is 5. The van der Waals surface area contributed by atoms with Crippen LogP contribution in [0, 0.1) is 0 Å². The summed E-state index contributed by atoms with van der Waals surface area (Å²) in [6.07, 6.45) is 3.76. The molecule has 15 heteroatoms. The summed E-state index contributed by atoms with van der Waals surface area (Å²) in [7, 11) is 1.26. The van der Waals surface area contributed by atoms with Crippen molar-refractivity contribution in [2.75, 3.05) is 30.6 Å². The molecule has 0 aliphatic heterocycles. The number of methoxy groups -OCH3 is 1. The molecule has 2 atom stereocenters. The van der Waals surface area contributed by atoms with Crippen LogP contribution in [0.1, 0.15) is 61.0 Å². The van der Waals surface area contributed by atoms with Gasteiger partial charge in [0.25, 0.3) is 0 Å². The molecule has 0 unspecified atom stereocenters. The van der Waals surface area contributed by atoms with E-state index in [4.69, 9.17) is 4.74 Å². The van der Waals surface area contributed by atoms with Crippen LogP contribution in [0.2, 0.25) is 0 Å². The average Bonchev–Trinajstić information content (AvgIpc) is 3.06. The smallest absolute Gasteiger partial charge is 0.395 e. The highest BCUT2D eigenvalue weighted by Crippen LogP contribution is 2.33. The molecule has 2 aromatic rings. The quantitative estimate of drug-likeness (QED) is 0.0874. The number of amides is 4. The molecule has 2 rings (SSSR count). The number of aliphatic carboxylic acids is 1. The van der Waals surface area contributed by atoms with E-state index in [1.807, 2.05) is 6.26 Å². The minimum absolute atomic E-state index is 0.0602. The first-order chi connectivity index (χ1) is 22.8. The van der Waals surface area contributed by atoms with Crippen LogP contribution in [0.15, 0.2) is 42.5 Å². The van der Waals surface area contributed by atoms with Gasteiger partial charge >= 0.3 is 23.8 Å². The molecule has 0 aliphatic carbocycles. The monoisotopic (exact) mass is 686 g/mol. The second-order valence-corrected chi connectivity index (χ2v) is 11.7. The molecular formula is C33H42N4O10S. The normalized spacial score (nSPS) is 11.8. The van der Waals surface area contributed by atoms with Crippen LogP contribution < -0.4 is 20.9 Å². The summed E-state index contributed by atoms with van der Waals surface area (Å²) in [6, 6.07) is 8.58. The van der Waals surface area contributed by atoms with Crippen LogP contribution >= 0.6 is 11.8 Å². The van der Waals surface area contributed by atoms with E-state index in [-0.39, 0.29) is 42.2 Å². The predicted octanol–water partition coefficient (Wildman–Crippen LogP) is 2.44. The van der Waals surface area contributed by atoms with E-state index in [1.54, 1.807) is 30.8 Å². The van der Waals surface area contributed by atoms with Gasteiger partial charge in [-0.05, 0) is 67.0 Å². The lowest BCUT2D eigenvalue weighted by Gasteiger charge is -2.26. The molecule has 0 heterocycles. The van der Waals surface area contributed by atoms with Crippen LogP contribution in [0.25, 0.3) is 0 Å². The van der Waals surface area contributed by atoms with Crippen molar-refractivity contribution in [3.63, 3.8) is 0 Å². The highest BCUT2D eigenvalue weighted by Gasteiger charge is 2.30. The summed E-state index contributed by atoms with van der Waals surface area (Å²) >= 11 is 1.55. The van der Waals surface area contributed by atoms with Crippen molar-refractivity contribution in [1.29, 1.82) is 0 Å². The van der Waals surface area contributed by atoms with Gasteiger partial charge in [0.1, 0.15) is 12.1 Å². The minimum Gasteiger partial charge on any atom is -0.478 e. The molecule has 0 fully saturated rings. The van der Waals surface area contributed by atoms with Crippen LogP contribution in [0.4, 0.5) is 11.4 Å². The first-order valence-electron chi connectivity index (χ1n) is 15.3. The van der Waals surface area contributed by atoms with Gasteiger partial charge in [-0.15, -0.1) is 0 Å². The Morgan fingerprint density at radius 3 is 2.25 bits per heavy atom. The molecule has 2 aromatic carbocycles. The fraction of sp³-hybridized carbons (Fsp3) is 0.424. The van der Waals surface area contributed by atoms with Crippen LogP contribution in [0.3, 0.4) is 0 Å². The number of para-hydroxylation sites is 1. The maximum Gasteiger partial charge on any atom is 0.395 e. The van der Waals surface area contributed by atoms with Crippen LogP contribution in [-0.2, 0) is 46.3 Å². The highest BCUT2D eigenvalue weighted by molar-refractivity contribution is 7.98. The number of hydrogen-bond donors (Lipinski definition) is 5. The number of ether oxygens (including phenoxy) is 1. The molecule has 5 N–H and O–H groups in total. The number of carboxylic acids is 2. The largest absolute Gasteiger partial charge is 0.478 e. The van der Waals surface area contributed by atoms with Gasteiger partial charge in [-0.25, -0.2) is 14.4 Å². The molecule has 14 nitrogen and oxygen atoms in total. The second kappa shape index (κ2) is 19.7. The van der Waals surface area contributed by atoms with Gasteiger partial charge in [0.2, 0.25) is 17.7 Å². The van der Waals surface area contributed by atoms with Gasteiger partial charge in [0, 0.05) is 26.3 Å². The van der Waals surface area contributed by atoms with Crippen LogP contribution in [-0.4, -0.2) is 89.5 Å². The van der Waals surface area contributed by atoms with Gasteiger partial charge in [-0.3, -0.25) is 24.1 Å². The standard InChI is InChI=1S/C33H42N4O10S/c1-5-22-18-21(13-14-26(22)37(30(41)32(44)45)27-11-7-6-10-23(27)31(42)43)19-25(35-20(2)38)29(40)34-16-9-8-12-28(39)36-24(15-17-48-4)33(46)47-3/h6-7,10-11,13-14,18,24-25H,5,8-9,12,15-17,19H2,1-4H3,(H,34,40)(H,35,38)(H,36,39)(H,42,43)(H,44,45)/t24-,25-/m0/s1. The topological polar surface area (TPSA) is 209 Å². The summed E-state index contributed by atoms with van der Waals surface area (Å²) in [4.78, 5) is 86.7. The van der Waals surface area contributed by atoms with E-state index >= 15 is 0 Å². The fourth-order valence-corrected chi connectivity index (χ4v) is 5.36. The van der Waals surface area contributed by atoms with Crippen molar-refractivity contribution in [1.82, 2.24) is 16.0 Å². The summed E-state index contributed by atoms with van der Waals surface area (Å²) in [5, 5.41) is 27.3. The Morgan fingerprint density at radius 1 is 0.938 bits per heavy atom. The number of aryl methyl sites for hydroxylation is 1. The SMILES string of the molecule is CCc1cc(C[C@H](NC(C)=O)C(=O)NCCCCC(=O)N[C@@H](CCSC)C(=O)OC)ccc1N(C(=O)C(=O)O)c1ccccc1C(=O)O. The molecule has 0 spiro atoms. The molecule has 0 saturated carbocycles. The zero-order valence-corrected chi connectivity index (χ0v) is 28.2. The number of hydrogen-bond acceptors (Lipinski definition) is 9. The Kier molecular flexibility index (Phi) is 16.1. The Balaban J connectivity index is 2.15. The maximum atomic E-state index is 13.1. The first kappa shape index (κ1) is 39.3. The number of aromatic carboxylic acids is 1. The van der Waals surface area contributed by atoms with Crippen molar-refractivity contribution in [2.45, 2.75) is 64.5 Å². The summed E-state index contributed by atoms with van der Waals surface area (Å²) < 4.78 is 4.75. The number of esters is 1. The highest BCUT2D eigenvalue weighted by atomic mass is 32.2. The van der Waals surface area contributed by atoms with E-state index in [1.165, 1.54) is 44.4 Å². The molecule has 260 valence electrons. The number of benzene rings is 2. The lowest BCUT2D eigenvalue weighted by Crippen LogP contribution is -2.47. The van der Waals surface area contributed by atoms with Crippen molar-refractivity contribution >= 4 is 64.7 Å². The summed E-state index contributed by atoms with van der Waals surface area (Å²) in [5.41, 5.74) is 0.876. The van der Waals surface area contributed by atoms with Crippen molar-refractivity contribution in [3.8, 4) is 0 Å². The number of carbonyl (C=O) groups is 7. The van der Waals surface area contributed by atoms with Gasteiger partial charge < -0.3 is 30.9 Å². The van der Waals surface area contributed by atoms with E-state index in [0.29, 0.717) is 42.6 Å². The van der Waals surface area contributed by atoms with Gasteiger partial charge in [-0.1, -0.05) is 31.2 Å². The fourth-order valence-electron chi connectivity index (χ4n) is 4.89. The number of unbranched alkanes of at least 4 members (excludes halogenated alkanes) is 1.